The molecule has 1 fully saturated rings. The summed E-state index contributed by atoms with van der Waals surface area (Å²) in [4.78, 5) is 13.9. The molecular formula is C13H17NO2S. The van der Waals surface area contributed by atoms with Gasteiger partial charge in [0.15, 0.2) is 5.60 Å². The quantitative estimate of drug-likeness (QED) is 0.768. The molecule has 0 aliphatic carbocycles. The normalized spacial score (nSPS) is 28.1. The molecule has 3 nitrogen and oxygen atoms in total. The molecule has 17 heavy (non-hydrogen) atoms. The van der Waals surface area contributed by atoms with Crippen molar-refractivity contribution in [1.82, 2.24) is 4.90 Å². The fourth-order valence-corrected chi connectivity index (χ4v) is 3.28. The number of carbonyl (C=O) groups excluding carboxylic acids is 1. The van der Waals surface area contributed by atoms with Crippen LogP contribution < -0.4 is 0 Å². The topological polar surface area (TPSA) is 29.5 Å². The minimum absolute atomic E-state index is 0.0724. The van der Waals surface area contributed by atoms with E-state index in [9.17, 15) is 4.79 Å². The second-order valence-corrected chi connectivity index (χ2v) is 5.24. The van der Waals surface area contributed by atoms with Crippen molar-refractivity contribution < 1.29 is 9.53 Å². The van der Waals surface area contributed by atoms with E-state index in [0.717, 1.165) is 5.56 Å². The predicted molar refractivity (Wildman–Crippen MR) is 69.7 cm³/mol. The summed E-state index contributed by atoms with van der Waals surface area (Å²) in [5.74, 6) is 0.0724. The third kappa shape index (κ3) is 1.96. The molecule has 1 aromatic carbocycles. The summed E-state index contributed by atoms with van der Waals surface area (Å²) in [6.45, 7) is 2.52. The number of β-lactam (4-membered cyclic amide) rings is 1. The predicted octanol–water partition coefficient (Wildman–Crippen LogP) is 2.12. The molecule has 1 heterocycles. The molecule has 0 bridgehead atoms. The Kier molecular flexibility index (Phi) is 3.45. The number of nitrogens with zero attached hydrogens (tertiary/aromatic N) is 1. The van der Waals surface area contributed by atoms with Gasteiger partial charge in [-0.2, -0.15) is 0 Å². The minimum atomic E-state index is -0.659. The van der Waals surface area contributed by atoms with E-state index < -0.39 is 5.60 Å². The van der Waals surface area contributed by atoms with E-state index in [1.807, 2.05) is 48.4 Å². The number of methoxy groups -OCH3 is 1. The Labute approximate surface area is 106 Å². The van der Waals surface area contributed by atoms with Crippen LogP contribution in [0.25, 0.3) is 0 Å². The molecule has 0 unspecified atom stereocenters. The Bertz CT molecular complexity index is 409. The second kappa shape index (κ2) is 4.70. The van der Waals surface area contributed by atoms with Crippen LogP contribution in [0, 0.1) is 0 Å². The van der Waals surface area contributed by atoms with Crippen molar-refractivity contribution >= 4 is 17.7 Å². The van der Waals surface area contributed by atoms with Crippen molar-refractivity contribution in [3.8, 4) is 0 Å². The van der Waals surface area contributed by atoms with Crippen LogP contribution in [-0.4, -0.2) is 35.1 Å². The molecule has 1 aromatic rings. The first-order valence-electron chi connectivity index (χ1n) is 5.56. The Morgan fingerprint density at radius 2 is 2.06 bits per heavy atom. The molecule has 2 atom stereocenters. The Hall–Kier alpha value is -1.00. The summed E-state index contributed by atoms with van der Waals surface area (Å²) in [5, 5.41) is 0.0974. The lowest BCUT2D eigenvalue weighted by Crippen LogP contribution is -2.71. The molecule has 0 aromatic heterocycles. The fraction of sp³-hybridized carbons (Fsp3) is 0.462. The average Bonchev–Trinajstić information content (AvgIpc) is 2.38. The maximum absolute atomic E-state index is 12.1. The Balaban J connectivity index is 2.11. The Morgan fingerprint density at radius 1 is 1.41 bits per heavy atom. The van der Waals surface area contributed by atoms with Gasteiger partial charge < -0.3 is 9.64 Å². The lowest BCUT2D eigenvalue weighted by atomic mass is 9.93. The largest absolute Gasteiger partial charge is 0.366 e. The number of ether oxygens (including phenoxy) is 1. The van der Waals surface area contributed by atoms with Crippen molar-refractivity contribution in [3.05, 3.63) is 35.9 Å². The van der Waals surface area contributed by atoms with E-state index in [1.54, 1.807) is 18.9 Å². The van der Waals surface area contributed by atoms with Crippen LogP contribution in [0.3, 0.4) is 0 Å². The molecule has 0 spiro atoms. The zero-order valence-corrected chi connectivity index (χ0v) is 11.2. The van der Waals surface area contributed by atoms with E-state index in [-0.39, 0.29) is 11.3 Å². The molecule has 1 aliphatic heterocycles. The highest BCUT2D eigenvalue weighted by molar-refractivity contribution is 7.99. The summed E-state index contributed by atoms with van der Waals surface area (Å²) >= 11 is 1.65. The monoisotopic (exact) mass is 251 g/mol. The van der Waals surface area contributed by atoms with Crippen LogP contribution in [0.1, 0.15) is 12.5 Å². The van der Waals surface area contributed by atoms with Crippen LogP contribution in [0.4, 0.5) is 0 Å². The lowest BCUT2D eigenvalue weighted by Gasteiger charge is -2.52. The number of carbonyl (C=O) groups is 1. The second-order valence-electron chi connectivity index (χ2n) is 4.32. The number of likely N-dealkylation sites (tertiary alicyclic amines) is 1. The van der Waals surface area contributed by atoms with E-state index in [4.69, 9.17) is 4.74 Å². The van der Waals surface area contributed by atoms with Crippen LogP contribution >= 0.6 is 11.8 Å². The van der Waals surface area contributed by atoms with Crippen LogP contribution in [0.2, 0.25) is 0 Å². The first-order valence-corrected chi connectivity index (χ1v) is 6.85. The summed E-state index contributed by atoms with van der Waals surface area (Å²) in [6.07, 6.45) is 2.01. The van der Waals surface area contributed by atoms with E-state index in [1.165, 1.54) is 0 Å². The van der Waals surface area contributed by atoms with Gasteiger partial charge in [0.1, 0.15) is 5.37 Å². The van der Waals surface area contributed by atoms with Gasteiger partial charge >= 0.3 is 0 Å². The number of amides is 1. The molecule has 92 valence electrons. The van der Waals surface area contributed by atoms with Gasteiger partial charge in [0, 0.05) is 13.7 Å². The highest BCUT2D eigenvalue weighted by Gasteiger charge is 2.57. The molecule has 1 amide bonds. The van der Waals surface area contributed by atoms with Gasteiger partial charge in [0.2, 0.25) is 0 Å². The molecule has 2 rings (SSSR count). The average molecular weight is 251 g/mol. The van der Waals surface area contributed by atoms with Crippen LogP contribution in [-0.2, 0) is 16.1 Å². The SMILES string of the molecule is CO[C@]1(C)C(=O)N(Cc2ccccc2)[C@@H]1SC. The number of hydrogen-bond acceptors (Lipinski definition) is 3. The van der Waals surface area contributed by atoms with Crippen molar-refractivity contribution in [1.29, 1.82) is 0 Å². The van der Waals surface area contributed by atoms with E-state index in [0.29, 0.717) is 6.54 Å². The van der Waals surface area contributed by atoms with Gasteiger partial charge in [0.05, 0.1) is 0 Å². The summed E-state index contributed by atoms with van der Waals surface area (Å²) < 4.78 is 5.35. The van der Waals surface area contributed by atoms with Crippen LogP contribution in [0.15, 0.2) is 30.3 Å². The van der Waals surface area contributed by atoms with Gasteiger partial charge in [0.25, 0.3) is 5.91 Å². The molecule has 4 heteroatoms. The zero-order chi connectivity index (χ0) is 12.5. The standard InChI is InChI=1S/C13H17NO2S/c1-13(16-2)11(15)14(12(13)17-3)9-10-7-5-4-6-8-10/h4-8,12H,9H2,1-3H3/t12-,13-/m1/s1. The fourth-order valence-electron chi connectivity index (χ4n) is 2.20. The maximum atomic E-state index is 12.1. The third-order valence-corrected chi connectivity index (χ3v) is 4.43. The van der Waals surface area contributed by atoms with Gasteiger partial charge in [-0.25, -0.2) is 0 Å². The van der Waals surface area contributed by atoms with Crippen LogP contribution in [0.5, 0.6) is 0 Å². The number of rotatable bonds is 4. The summed E-state index contributed by atoms with van der Waals surface area (Å²) in [5.41, 5.74) is 0.492. The van der Waals surface area contributed by atoms with Gasteiger partial charge in [-0.05, 0) is 18.7 Å². The number of benzene rings is 1. The first kappa shape index (κ1) is 12.5. The van der Waals surface area contributed by atoms with Gasteiger partial charge in [-0.3, -0.25) is 4.79 Å². The lowest BCUT2D eigenvalue weighted by molar-refractivity contribution is -0.183. The number of thioether (sulfide) groups is 1. The molecule has 0 saturated carbocycles. The highest BCUT2D eigenvalue weighted by Crippen LogP contribution is 2.40. The van der Waals surface area contributed by atoms with Crippen molar-refractivity contribution in [2.75, 3.05) is 13.4 Å². The molecule has 1 aliphatic rings. The van der Waals surface area contributed by atoms with Gasteiger partial charge in [-0.15, -0.1) is 11.8 Å². The van der Waals surface area contributed by atoms with E-state index in [2.05, 4.69) is 0 Å². The van der Waals surface area contributed by atoms with E-state index >= 15 is 0 Å². The third-order valence-electron chi connectivity index (χ3n) is 3.28. The minimum Gasteiger partial charge on any atom is -0.366 e. The molecule has 0 N–H and O–H groups in total. The zero-order valence-electron chi connectivity index (χ0n) is 10.3. The van der Waals surface area contributed by atoms with Crippen molar-refractivity contribution in [3.63, 3.8) is 0 Å². The smallest absolute Gasteiger partial charge is 0.258 e. The number of hydrogen-bond donors (Lipinski definition) is 0. The van der Waals surface area contributed by atoms with Crippen molar-refractivity contribution in [2.45, 2.75) is 24.4 Å². The molecule has 0 radical (unpaired) electrons. The molecule has 1 saturated heterocycles. The van der Waals surface area contributed by atoms with Gasteiger partial charge in [-0.1, -0.05) is 30.3 Å². The molecular weight excluding hydrogens is 234 g/mol. The highest BCUT2D eigenvalue weighted by atomic mass is 32.2. The first-order chi connectivity index (χ1) is 8.13. The maximum Gasteiger partial charge on any atom is 0.258 e. The summed E-state index contributed by atoms with van der Waals surface area (Å²) in [7, 11) is 1.60. The Morgan fingerprint density at radius 3 is 2.59 bits per heavy atom. The van der Waals surface area contributed by atoms with Crippen molar-refractivity contribution in [2.24, 2.45) is 0 Å². The summed E-state index contributed by atoms with van der Waals surface area (Å²) in [6, 6.07) is 10.0.